The summed E-state index contributed by atoms with van der Waals surface area (Å²) in [4.78, 5) is 13.2. The number of aliphatic hydroxyl groups excluding tert-OH is 1. The number of benzene rings is 3. The van der Waals surface area contributed by atoms with Crippen molar-refractivity contribution >= 4 is 5.78 Å². The maximum absolute atomic E-state index is 14.6. The molecule has 0 atom stereocenters. The Balaban J connectivity index is 1.42. The molecule has 1 heterocycles. The Morgan fingerprint density at radius 1 is 0.967 bits per heavy atom. The molecule has 5 rings (SSSR count). The third-order valence-electron chi connectivity index (χ3n) is 6.05. The molecule has 1 aliphatic heterocycles. The van der Waals surface area contributed by atoms with Gasteiger partial charge in [0.2, 0.25) is 6.79 Å². The fourth-order valence-electron chi connectivity index (χ4n) is 4.13. The van der Waals surface area contributed by atoms with Gasteiger partial charge >= 0.3 is 0 Å². The zero-order valence-corrected chi connectivity index (χ0v) is 16.4. The fraction of sp³-hybridized carbons (Fsp3) is 0.240. The second-order valence-corrected chi connectivity index (χ2v) is 7.91. The van der Waals surface area contributed by atoms with Crippen molar-refractivity contribution in [3.05, 3.63) is 83.2 Å². The molecule has 2 aliphatic rings. The maximum Gasteiger partial charge on any atom is 0.231 e. The second kappa shape index (κ2) is 7.26. The topological polar surface area (TPSA) is 55.8 Å². The molecule has 4 nitrogen and oxygen atoms in total. The van der Waals surface area contributed by atoms with Crippen LogP contribution in [0.15, 0.2) is 60.7 Å². The summed E-state index contributed by atoms with van der Waals surface area (Å²) in [7, 11) is 0. The van der Waals surface area contributed by atoms with Gasteiger partial charge in [-0.05, 0) is 71.0 Å². The lowest BCUT2D eigenvalue weighted by molar-refractivity contribution is -0.120. The molecule has 1 saturated carbocycles. The lowest BCUT2D eigenvalue weighted by atomic mass is 9.87. The monoisotopic (exact) mass is 404 g/mol. The Morgan fingerprint density at radius 2 is 1.77 bits per heavy atom. The van der Waals surface area contributed by atoms with Gasteiger partial charge in [-0.1, -0.05) is 30.3 Å². The van der Waals surface area contributed by atoms with E-state index in [1.165, 1.54) is 6.07 Å². The molecular weight excluding hydrogens is 383 g/mol. The highest BCUT2D eigenvalue weighted by atomic mass is 19.1. The number of carbonyl (C=O) groups excluding carboxylic acids is 1. The number of ether oxygens (including phenoxy) is 2. The molecule has 3 aromatic carbocycles. The predicted octanol–water partition coefficient (Wildman–Crippen LogP) is 4.56. The van der Waals surface area contributed by atoms with Gasteiger partial charge in [-0.25, -0.2) is 4.39 Å². The van der Waals surface area contributed by atoms with E-state index >= 15 is 0 Å². The first kappa shape index (κ1) is 18.8. The Morgan fingerprint density at radius 3 is 2.57 bits per heavy atom. The van der Waals surface area contributed by atoms with E-state index in [2.05, 4.69) is 0 Å². The van der Waals surface area contributed by atoms with Crippen LogP contribution in [0.2, 0.25) is 0 Å². The predicted molar refractivity (Wildman–Crippen MR) is 110 cm³/mol. The minimum absolute atomic E-state index is 0.0153. The van der Waals surface area contributed by atoms with Crippen LogP contribution in [0.25, 0.3) is 11.1 Å². The number of carbonyl (C=O) groups is 1. The summed E-state index contributed by atoms with van der Waals surface area (Å²) in [6.45, 7) is 0.133. The molecule has 152 valence electrons. The normalized spacial score (nSPS) is 15.8. The van der Waals surface area contributed by atoms with Crippen LogP contribution in [0.5, 0.6) is 11.5 Å². The molecule has 0 radical (unpaired) electrons. The molecule has 5 heteroatoms. The minimum Gasteiger partial charge on any atom is -0.454 e. The van der Waals surface area contributed by atoms with Crippen LogP contribution in [0.1, 0.15) is 29.5 Å². The second-order valence-electron chi connectivity index (χ2n) is 7.91. The van der Waals surface area contributed by atoms with Gasteiger partial charge in [0.25, 0.3) is 0 Å². The summed E-state index contributed by atoms with van der Waals surface area (Å²) in [5.74, 6) is 0.975. The quantitative estimate of drug-likeness (QED) is 0.655. The minimum atomic E-state index is -0.569. The lowest BCUT2D eigenvalue weighted by Crippen LogP contribution is -2.23. The van der Waals surface area contributed by atoms with E-state index in [-0.39, 0.29) is 31.4 Å². The summed E-state index contributed by atoms with van der Waals surface area (Å²) < 4.78 is 25.4. The van der Waals surface area contributed by atoms with Gasteiger partial charge in [0.05, 0.1) is 12.0 Å². The molecule has 0 aromatic heterocycles. The van der Waals surface area contributed by atoms with Crippen molar-refractivity contribution in [3.63, 3.8) is 0 Å². The summed E-state index contributed by atoms with van der Waals surface area (Å²) in [5.41, 5.74) is 3.21. The number of halogens is 1. The van der Waals surface area contributed by atoms with Gasteiger partial charge in [0.15, 0.2) is 11.5 Å². The molecule has 30 heavy (non-hydrogen) atoms. The largest absolute Gasteiger partial charge is 0.454 e. The highest BCUT2D eigenvalue weighted by Crippen LogP contribution is 2.51. The number of rotatable bonds is 6. The Kier molecular flexibility index (Phi) is 4.55. The van der Waals surface area contributed by atoms with E-state index in [4.69, 9.17) is 9.47 Å². The van der Waals surface area contributed by atoms with E-state index in [0.29, 0.717) is 17.1 Å². The summed E-state index contributed by atoms with van der Waals surface area (Å²) in [6.07, 6.45) is 1.55. The smallest absolute Gasteiger partial charge is 0.231 e. The van der Waals surface area contributed by atoms with Crippen LogP contribution in [0.3, 0.4) is 0 Å². The van der Waals surface area contributed by atoms with Crippen LogP contribution in [0.4, 0.5) is 4.39 Å². The van der Waals surface area contributed by atoms with E-state index in [0.717, 1.165) is 35.1 Å². The van der Waals surface area contributed by atoms with E-state index in [9.17, 15) is 14.3 Å². The van der Waals surface area contributed by atoms with Crippen LogP contribution in [-0.4, -0.2) is 17.7 Å². The maximum atomic E-state index is 14.6. The van der Waals surface area contributed by atoms with Crippen molar-refractivity contribution in [3.8, 4) is 22.6 Å². The van der Waals surface area contributed by atoms with E-state index in [1.807, 2.05) is 42.5 Å². The number of hydrogen-bond donors (Lipinski definition) is 1. The van der Waals surface area contributed by atoms with Gasteiger partial charge in [-0.2, -0.15) is 0 Å². The summed E-state index contributed by atoms with van der Waals surface area (Å²) >= 11 is 0. The van der Waals surface area contributed by atoms with Gasteiger partial charge in [0, 0.05) is 6.42 Å². The summed E-state index contributed by atoms with van der Waals surface area (Å²) in [5, 5.41) is 9.37. The molecule has 1 fully saturated rings. The highest BCUT2D eigenvalue weighted by molar-refractivity contribution is 5.95. The lowest BCUT2D eigenvalue weighted by Gasteiger charge is -2.16. The number of hydrogen-bond acceptors (Lipinski definition) is 4. The zero-order chi connectivity index (χ0) is 20.7. The first-order valence-electron chi connectivity index (χ1n) is 10.0. The van der Waals surface area contributed by atoms with Gasteiger partial charge < -0.3 is 14.6 Å². The first-order valence-corrected chi connectivity index (χ1v) is 10.0. The van der Waals surface area contributed by atoms with Crippen LogP contribution < -0.4 is 9.47 Å². The van der Waals surface area contributed by atoms with Crippen LogP contribution in [-0.2, 0) is 23.2 Å². The van der Waals surface area contributed by atoms with Crippen molar-refractivity contribution in [1.82, 2.24) is 0 Å². The van der Waals surface area contributed by atoms with Gasteiger partial charge in [-0.15, -0.1) is 0 Å². The summed E-state index contributed by atoms with van der Waals surface area (Å²) in [6, 6.07) is 17.9. The standard InChI is InChI=1S/C25H21FO4/c26-21-6-4-18(17-3-1-2-16(10-17)14-27)11-19(21)12-24(28)25(8-9-25)20-5-7-22-23(13-20)30-15-29-22/h1-7,10-11,13,27H,8-9,12,14-15H2. The third-order valence-corrected chi connectivity index (χ3v) is 6.05. The molecule has 0 bridgehead atoms. The molecule has 3 aromatic rings. The Labute approximate surface area is 173 Å². The highest BCUT2D eigenvalue weighted by Gasteiger charge is 2.51. The number of Topliss-reactive ketones (excluding diaryl/α,β-unsaturated/α-hetero) is 1. The van der Waals surface area contributed by atoms with E-state index in [1.54, 1.807) is 12.1 Å². The Bertz CT molecular complexity index is 1130. The van der Waals surface area contributed by atoms with Crippen molar-refractivity contribution in [2.45, 2.75) is 31.3 Å². The Hall–Kier alpha value is -3.18. The zero-order valence-electron chi connectivity index (χ0n) is 16.4. The molecule has 0 unspecified atom stereocenters. The molecule has 1 aliphatic carbocycles. The average Bonchev–Trinajstić information content (AvgIpc) is 3.46. The fourth-order valence-corrected chi connectivity index (χ4v) is 4.13. The van der Waals surface area contributed by atoms with Gasteiger partial charge in [-0.3, -0.25) is 4.79 Å². The van der Waals surface area contributed by atoms with Gasteiger partial charge in [0.1, 0.15) is 11.6 Å². The number of aliphatic hydroxyl groups is 1. The molecular formula is C25H21FO4. The third kappa shape index (κ3) is 3.25. The average molecular weight is 404 g/mol. The first-order chi connectivity index (χ1) is 14.6. The van der Waals surface area contributed by atoms with Crippen LogP contribution >= 0.6 is 0 Å². The van der Waals surface area contributed by atoms with Crippen LogP contribution in [0, 0.1) is 5.82 Å². The van der Waals surface area contributed by atoms with Crippen molar-refractivity contribution in [2.24, 2.45) is 0 Å². The number of ketones is 1. The van der Waals surface area contributed by atoms with Crippen molar-refractivity contribution in [1.29, 1.82) is 0 Å². The SMILES string of the molecule is O=C(Cc1cc(-c2cccc(CO)c2)ccc1F)C1(c2ccc3c(c2)OCO3)CC1. The molecule has 1 N–H and O–H groups in total. The van der Waals surface area contributed by atoms with E-state index < -0.39 is 5.41 Å². The molecule has 0 spiro atoms. The number of fused-ring (bicyclic) bond motifs is 1. The molecule has 0 saturated heterocycles. The van der Waals surface area contributed by atoms with Crippen molar-refractivity contribution < 1.29 is 23.8 Å². The molecule has 0 amide bonds. The van der Waals surface area contributed by atoms with Crippen molar-refractivity contribution in [2.75, 3.05) is 6.79 Å².